The van der Waals surface area contributed by atoms with Gasteiger partial charge >= 0.3 is 0 Å². The molecule has 1 unspecified atom stereocenters. The molecule has 96 valence electrons. The second kappa shape index (κ2) is 4.54. The normalized spacial score (nSPS) is 17.8. The lowest BCUT2D eigenvalue weighted by atomic mass is 9.93. The minimum absolute atomic E-state index is 0.159. The first-order chi connectivity index (χ1) is 9.15. The molecular formula is C17H16O2. The molecule has 19 heavy (non-hydrogen) atoms. The average molecular weight is 252 g/mol. The van der Waals surface area contributed by atoms with E-state index in [2.05, 4.69) is 32.0 Å². The fourth-order valence-corrected chi connectivity index (χ4v) is 2.63. The Morgan fingerprint density at radius 2 is 1.89 bits per heavy atom. The monoisotopic (exact) mass is 252 g/mol. The van der Waals surface area contributed by atoms with Crippen LogP contribution in [0.4, 0.5) is 0 Å². The van der Waals surface area contributed by atoms with Gasteiger partial charge in [0.05, 0.1) is 12.0 Å². The van der Waals surface area contributed by atoms with E-state index >= 15 is 0 Å². The van der Waals surface area contributed by atoms with E-state index in [-0.39, 0.29) is 11.9 Å². The number of benzene rings is 2. The highest BCUT2D eigenvalue weighted by molar-refractivity contribution is 6.00. The van der Waals surface area contributed by atoms with Crippen molar-refractivity contribution in [2.75, 3.05) is 0 Å². The van der Waals surface area contributed by atoms with Gasteiger partial charge in [-0.2, -0.15) is 0 Å². The number of fused-ring (bicyclic) bond motifs is 1. The third kappa shape index (κ3) is 2.14. The Morgan fingerprint density at radius 3 is 2.68 bits per heavy atom. The Balaban J connectivity index is 1.99. The zero-order valence-corrected chi connectivity index (χ0v) is 11.1. The number of hydrogen-bond donors (Lipinski definition) is 0. The Morgan fingerprint density at radius 1 is 1.11 bits per heavy atom. The van der Waals surface area contributed by atoms with Crippen LogP contribution in [0.25, 0.3) is 0 Å². The maximum atomic E-state index is 12.2. The number of carbonyl (C=O) groups is 1. The maximum Gasteiger partial charge on any atom is 0.170 e. The molecule has 0 aliphatic carbocycles. The molecule has 0 saturated heterocycles. The zero-order chi connectivity index (χ0) is 13.4. The smallest absolute Gasteiger partial charge is 0.170 e. The van der Waals surface area contributed by atoms with Crippen LogP contribution in [0.1, 0.15) is 39.6 Å². The summed E-state index contributed by atoms with van der Waals surface area (Å²) in [7, 11) is 0. The SMILES string of the molecule is Cc1ccc(C2CC(=O)c3ccccc3O2)c(C)c1. The molecule has 3 rings (SSSR count). The van der Waals surface area contributed by atoms with Crippen molar-refractivity contribution in [3.05, 3.63) is 64.7 Å². The van der Waals surface area contributed by atoms with Gasteiger partial charge in [0.25, 0.3) is 0 Å². The van der Waals surface area contributed by atoms with Gasteiger partial charge in [-0.1, -0.05) is 35.9 Å². The minimum atomic E-state index is -0.164. The Hall–Kier alpha value is -2.09. The molecule has 0 radical (unpaired) electrons. The van der Waals surface area contributed by atoms with E-state index in [4.69, 9.17) is 4.74 Å². The van der Waals surface area contributed by atoms with Crippen molar-refractivity contribution in [2.45, 2.75) is 26.4 Å². The molecule has 0 fully saturated rings. The summed E-state index contributed by atoms with van der Waals surface area (Å²) in [5.41, 5.74) is 4.21. The average Bonchev–Trinajstić information content (AvgIpc) is 2.38. The Labute approximate surface area is 113 Å². The summed E-state index contributed by atoms with van der Waals surface area (Å²) in [5, 5.41) is 0. The van der Waals surface area contributed by atoms with Gasteiger partial charge in [-0.15, -0.1) is 0 Å². The van der Waals surface area contributed by atoms with Crippen LogP contribution in [0.2, 0.25) is 0 Å². The standard InChI is InChI=1S/C17H16O2/c1-11-7-8-13(12(2)9-11)17-10-15(18)14-5-3-4-6-16(14)19-17/h3-9,17H,10H2,1-2H3. The van der Waals surface area contributed by atoms with E-state index in [0.717, 1.165) is 5.56 Å². The van der Waals surface area contributed by atoms with Gasteiger partial charge in [-0.05, 0) is 37.1 Å². The molecule has 2 aromatic carbocycles. The number of aryl methyl sites for hydroxylation is 2. The van der Waals surface area contributed by atoms with Gasteiger partial charge in [0, 0.05) is 0 Å². The summed E-state index contributed by atoms with van der Waals surface area (Å²) in [6.07, 6.45) is 0.254. The fraction of sp³-hybridized carbons (Fsp3) is 0.235. The molecule has 0 bridgehead atoms. The number of para-hydroxylation sites is 1. The van der Waals surface area contributed by atoms with Crippen LogP contribution >= 0.6 is 0 Å². The number of Topliss-reactive ketones (excluding diaryl/α,β-unsaturated/α-hetero) is 1. The molecule has 0 aromatic heterocycles. The molecule has 2 nitrogen and oxygen atoms in total. The first-order valence-electron chi connectivity index (χ1n) is 6.51. The molecule has 1 aliphatic rings. The summed E-state index contributed by atoms with van der Waals surface area (Å²) < 4.78 is 5.99. The number of ether oxygens (including phenoxy) is 1. The van der Waals surface area contributed by atoms with Gasteiger partial charge in [0.1, 0.15) is 11.9 Å². The zero-order valence-electron chi connectivity index (χ0n) is 11.1. The molecule has 1 atom stereocenters. The van der Waals surface area contributed by atoms with Crippen molar-refractivity contribution in [3.63, 3.8) is 0 Å². The van der Waals surface area contributed by atoms with Crippen LogP contribution < -0.4 is 4.74 Å². The molecule has 2 aromatic rings. The summed E-state index contributed by atoms with van der Waals surface area (Å²) in [5.74, 6) is 0.857. The summed E-state index contributed by atoms with van der Waals surface area (Å²) in [6, 6.07) is 13.7. The van der Waals surface area contributed by atoms with Crippen LogP contribution in [0.15, 0.2) is 42.5 Å². The second-order valence-electron chi connectivity index (χ2n) is 5.09. The first-order valence-corrected chi connectivity index (χ1v) is 6.51. The molecule has 0 saturated carbocycles. The van der Waals surface area contributed by atoms with E-state index in [0.29, 0.717) is 17.7 Å². The highest BCUT2D eigenvalue weighted by Gasteiger charge is 2.27. The van der Waals surface area contributed by atoms with Crippen LogP contribution in [0.5, 0.6) is 5.75 Å². The third-order valence-corrected chi connectivity index (χ3v) is 3.60. The molecule has 0 amide bonds. The van der Waals surface area contributed by atoms with Crippen molar-refractivity contribution in [1.29, 1.82) is 0 Å². The summed E-state index contributed by atoms with van der Waals surface area (Å²) in [6.45, 7) is 4.13. The lowest BCUT2D eigenvalue weighted by Gasteiger charge is -2.26. The van der Waals surface area contributed by atoms with Crippen molar-refractivity contribution in [1.82, 2.24) is 0 Å². The van der Waals surface area contributed by atoms with Crippen LogP contribution in [0, 0.1) is 13.8 Å². The van der Waals surface area contributed by atoms with Crippen LogP contribution in [-0.2, 0) is 0 Å². The van der Waals surface area contributed by atoms with Crippen molar-refractivity contribution >= 4 is 5.78 Å². The van der Waals surface area contributed by atoms with E-state index in [9.17, 15) is 4.79 Å². The lowest BCUT2D eigenvalue weighted by molar-refractivity contribution is 0.0849. The summed E-state index contributed by atoms with van der Waals surface area (Å²) in [4.78, 5) is 12.2. The van der Waals surface area contributed by atoms with Gasteiger partial charge in [-0.3, -0.25) is 4.79 Å². The molecule has 1 aliphatic heterocycles. The maximum absolute atomic E-state index is 12.2. The van der Waals surface area contributed by atoms with Gasteiger partial charge < -0.3 is 4.74 Å². The number of carbonyl (C=O) groups excluding carboxylic acids is 1. The van der Waals surface area contributed by atoms with Crippen molar-refractivity contribution in [2.24, 2.45) is 0 Å². The molecule has 1 heterocycles. The van der Waals surface area contributed by atoms with Gasteiger partial charge in [-0.25, -0.2) is 0 Å². The third-order valence-electron chi connectivity index (χ3n) is 3.60. The first kappa shape index (κ1) is 12.0. The number of rotatable bonds is 1. The minimum Gasteiger partial charge on any atom is -0.484 e. The van der Waals surface area contributed by atoms with Crippen LogP contribution in [0.3, 0.4) is 0 Å². The quantitative estimate of drug-likeness (QED) is 0.766. The predicted molar refractivity (Wildman–Crippen MR) is 74.7 cm³/mol. The Kier molecular flexibility index (Phi) is 2.86. The molecule has 0 spiro atoms. The largest absolute Gasteiger partial charge is 0.484 e. The van der Waals surface area contributed by atoms with E-state index in [1.165, 1.54) is 11.1 Å². The topological polar surface area (TPSA) is 26.3 Å². The van der Waals surface area contributed by atoms with Crippen LogP contribution in [-0.4, -0.2) is 5.78 Å². The Bertz CT molecular complexity index is 643. The highest BCUT2D eigenvalue weighted by atomic mass is 16.5. The summed E-state index contributed by atoms with van der Waals surface area (Å²) >= 11 is 0. The van der Waals surface area contributed by atoms with Gasteiger partial charge in [0.2, 0.25) is 0 Å². The van der Waals surface area contributed by atoms with E-state index < -0.39 is 0 Å². The molecular weight excluding hydrogens is 236 g/mol. The fourth-order valence-electron chi connectivity index (χ4n) is 2.63. The second-order valence-corrected chi connectivity index (χ2v) is 5.09. The molecule has 2 heteroatoms. The van der Waals surface area contributed by atoms with Crippen molar-refractivity contribution < 1.29 is 9.53 Å². The van der Waals surface area contributed by atoms with E-state index in [1.807, 2.05) is 24.3 Å². The number of hydrogen-bond acceptors (Lipinski definition) is 2. The van der Waals surface area contributed by atoms with Gasteiger partial charge in [0.15, 0.2) is 5.78 Å². The predicted octanol–water partition coefficient (Wildman–Crippen LogP) is 4.01. The number of ketones is 1. The van der Waals surface area contributed by atoms with Crippen molar-refractivity contribution in [3.8, 4) is 5.75 Å². The molecule has 0 N–H and O–H groups in total. The highest BCUT2D eigenvalue weighted by Crippen LogP contribution is 2.35. The van der Waals surface area contributed by atoms with E-state index in [1.54, 1.807) is 0 Å². The lowest BCUT2D eigenvalue weighted by Crippen LogP contribution is -2.20.